The molecule has 18 N–H and O–H groups in total. The Morgan fingerprint density at radius 1 is 0.360 bits per heavy atom. The van der Waals surface area contributed by atoms with Gasteiger partial charge in [-0.3, -0.25) is 76.7 Å². The van der Waals surface area contributed by atoms with Crippen LogP contribution in [0.2, 0.25) is 0 Å². The van der Waals surface area contributed by atoms with Gasteiger partial charge in [-0.2, -0.15) is 0 Å². The number of unbranched alkanes of at least 4 members (excludes halogenated alkanes) is 4. The quantitative estimate of drug-likeness (QED) is 0.0244. The Morgan fingerprint density at radius 3 is 0.930 bits per heavy atom. The smallest absolute Gasteiger partial charge is 0.244 e. The van der Waals surface area contributed by atoms with Crippen molar-refractivity contribution in [3.05, 3.63) is 23.3 Å². The average Bonchev–Trinajstić information content (AvgIpc) is 1.74. The maximum Gasteiger partial charge on any atom is 0.244 e. The molecule has 560 valence electrons. The first-order valence-electron chi connectivity index (χ1n) is 35.4. The van der Waals surface area contributed by atoms with Gasteiger partial charge >= 0.3 is 0 Å². The van der Waals surface area contributed by atoms with Gasteiger partial charge in [0.15, 0.2) is 0 Å². The molecule has 4 saturated carbocycles. The molecule has 4 aliphatic carbocycles. The second kappa shape index (κ2) is 47.1. The van der Waals surface area contributed by atoms with Gasteiger partial charge in [0.05, 0.1) is 0 Å². The fourth-order valence-corrected chi connectivity index (χ4v) is 11.3. The molecular weight excluding hydrogens is 1300 g/mol. The van der Waals surface area contributed by atoms with E-state index in [2.05, 4.69) is 53.2 Å². The van der Waals surface area contributed by atoms with Crippen LogP contribution in [0.3, 0.4) is 0 Å². The summed E-state index contributed by atoms with van der Waals surface area (Å²) in [6, 6.07) is -1.67. The van der Waals surface area contributed by atoms with E-state index in [4.69, 9.17) is 22.9 Å². The van der Waals surface area contributed by atoms with Gasteiger partial charge in [-0.1, -0.05) is 25.0 Å². The van der Waals surface area contributed by atoms with E-state index in [1.807, 2.05) is 0 Å². The summed E-state index contributed by atoms with van der Waals surface area (Å²) in [4.78, 5) is 198. The summed E-state index contributed by atoms with van der Waals surface area (Å²) >= 11 is 0. The highest BCUT2D eigenvalue weighted by Gasteiger charge is 2.36. The fourth-order valence-electron chi connectivity index (χ4n) is 11.3. The van der Waals surface area contributed by atoms with Crippen LogP contribution in [0.4, 0.5) is 0 Å². The van der Waals surface area contributed by atoms with Crippen molar-refractivity contribution in [3.8, 4) is 0 Å². The lowest BCUT2D eigenvalue weighted by molar-refractivity contribution is -0.139. The molecule has 4 aliphatic rings. The second-order valence-electron chi connectivity index (χ2n) is 26.3. The van der Waals surface area contributed by atoms with Crippen LogP contribution in [-0.4, -0.2) is 195 Å². The number of nitrogens with two attached hydrogens (primary N) is 4. The molecule has 4 atom stereocenters. The average molecular weight is 1410 g/mol. The zero-order valence-electron chi connectivity index (χ0n) is 59.0. The minimum absolute atomic E-state index is 0.0940. The van der Waals surface area contributed by atoms with Crippen molar-refractivity contribution in [2.75, 3.05) is 78.5 Å². The van der Waals surface area contributed by atoms with Crippen LogP contribution in [-0.2, 0) is 76.7 Å². The Balaban J connectivity index is 0.000000520. The number of amides is 16. The molecule has 0 bridgehead atoms. The summed E-state index contributed by atoms with van der Waals surface area (Å²) in [5.41, 5.74) is 23.0. The first kappa shape index (κ1) is 85.2. The number of rotatable bonds is 52. The number of primary amides is 4. The fraction of sp³-hybridized carbons (Fsp3) is 0.706. The Bertz CT molecular complexity index is 2680. The molecule has 100 heavy (non-hydrogen) atoms. The molecule has 0 heterocycles. The van der Waals surface area contributed by atoms with Gasteiger partial charge in [0.2, 0.25) is 94.5 Å². The molecule has 0 radical (unpaired) electrons. The normalized spacial score (nSPS) is 15.2. The summed E-state index contributed by atoms with van der Waals surface area (Å²) < 4.78 is 0. The third kappa shape index (κ3) is 39.0. The topological polar surface area (TPSA) is 504 Å². The highest BCUT2D eigenvalue weighted by atomic mass is 16.2. The Hall–Kier alpha value is -9.00. The van der Waals surface area contributed by atoms with Gasteiger partial charge in [0, 0.05) is 116 Å². The first-order chi connectivity index (χ1) is 47.6. The minimum Gasteiger partial charge on any atom is -0.369 e. The van der Waals surface area contributed by atoms with Crippen LogP contribution in [0.25, 0.3) is 0 Å². The molecule has 32 heteroatoms. The molecule has 0 aliphatic heterocycles. The van der Waals surface area contributed by atoms with Gasteiger partial charge in [-0.15, -0.1) is 0 Å². The van der Waals surface area contributed by atoms with Crippen molar-refractivity contribution in [2.45, 2.75) is 194 Å². The number of nitrogens with one attached hydrogen (secondary N) is 10. The van der Waals surface area contributed by atoms with Crippen LogP contribution >= 0.6 is 0 Å². The summed E-state index contributed by atoms with van der Waals surface area (Å²) in [5, 5.41) is 26.7. The SMILES string of the molecule is CC(=O)NCCCC[C@H](NC(C)=O)C(=O)NCCC(=O)N(CC(=O)NCCC=C(C(N)=O)C1CC1)CC(=O)NCCCC[C@@H](C(N)=O)C1CC1.CC(=O)NCCCC[C@H](NC(C)=O)C(=O)NCCC(=O)N(CC(=O)NCCC=C(C(N)=O)C1CC1)CC(=O)NCCCC[C@@H](C(N)=O)C1CC1. The molecule has 32 nitrogen and oxygen atoms in total. The minimum atomic E-state index is -0.834. The Morgan fingerprint density at radius 2 is 0.660 bits per heavy atom. The lowest BCUT2D eigenvalue weighted by Gasteiger charge is -2.22. The number of hydrogen-bond donors (Lipinski definition) is 14. The van der Waals surface area contributed by atoms with Crippen molar-refractivity contribution < 1.29 is 76.7 Å². The third-order valence-electron chi connectivity index (χ3n) is 17.2. The molecule has 4 fully saturated rings. The largest absolute Gasteiger partial charge is 0.369 e. The van der Waals surface area contributed by atoms with Crippen molar-refractivity contribution >= 4 is 94.5 Å². The van der Waals surface area contributed by atoms with Gasteiger partial charge in [-0.25, -0.2) is 0 Å². The maximum absolute atomic E-state index is 13.2. The van der Waals surface area contributed by atoms with E-state index in [0.717, 1.165) is 61.2 Å². The van der Waals surface area contributed by atoms with E-state index in [1.54, 1.807) is 12.2 Å². The zero-order chi connectivity index (χ0) is 74.1. The zero-order valence-corrected chi connectivity index (χ0v) is 59.0. The lowest BCUT2D eigenvalue weighted by atomic mass is 9.96. The van der Waals surface area contributed by atoms with Crippen LogP contribution in [0.1, 0.15) is 182 Å². The van der Waals surface area contributed by atoms with Crippen molar-refractivity contribution in [1.29, 1.82) is 0 Å². The number of carbonyl (C=O) groups excluding carboxylic acids is 16. The van der Waals surface area contributed by atoms with Crippen LogP contribution in [0.15, 0.2) is 23.3 Å². The molecule has 0 spiro atoms. The Kier molecular flexibility index (Phi) is 40.2. The van der Waals surface area contributed by atoms with Crippen LogP contribution in [0, 0.1) is 35.5 Å². The molecule has 0 saturated heterocycles. The number of carbonyl (C=O) groups is 16. The third-order valence-corrected chi connectivity index (χ3v) is 17.2. The number of hydrogen-bond acceptors (Lipinski definition) is 16. The van der Waals surface area contributed by atoms with E-state index in [9.17, 15) is 76.7 Å². The highest BCUT2D eigenvalue weighted by molar-refractivity contribution is 5.94. The summed E-state index contributed by atoms with van der Waals surface area (Å²) in [7, 11) is 0. The van der Waals surface area contributed by atoms with Crippen molar-refractivity contribution in [2.24, 2.45) is 58.4 Å². The molecule has 16 amide bonds. The van der Waals surface area contributed by atoms with Gasteiger partial charge in [0.25, 0.3) is 0 Å². The molecule has 0 aromatic rings. The van der Waals surface area contributed by atoms with E-state index >= 15 is 0 Å². The van der Waals surface area contributed by atoms with E-state index < -0.39 is 96.1 Å². The predicted molar refractivity (Wildman–Crippen MR) is 368 cm³/mol. The first-order valence-corrected chi connectivity index (χ1v) is 35.4. The lowest BCUT2D eigenvalue weighted by Crippen LogP contribution is -2.48. The van der Waals surface area contributed by atoms with Crippen LogP contribution in [0.5, 0.6) is 0 Å². The standard InChI is InChI=1S/2C34H56N8O8/c2*1-22(43)37-16-6-4-10-28(41-23(2)44)34(50)40-19-15-31(47)42(21-30(46)39-18-7-9-27(33(36)49)25-13-14-25)20-29(45)38-17-5-3-8-26(32(35)48)24-11-12-24/h2*9,24-26,28H,3-8,10-21H2,1-2H3,(H2,35,48)(H2,36,49)(H,37,43)(H,38,45)(H,39,46)(H,40,50)(H,41,44)/t2*26-,28+/m11/s1. The number of nitrogens with zero attached hydrogens (tertiary/aromatic N) is 2. The molecule has 0 unspecified atom stereocenters. The van der Waals surface area contributed by atoms with E-state index in [0.29, 0.717) is 139 Å². The van der Waals surface area contributed by atoms with Gasteiger partial charge in [-0.05, 0) is 152 Å². The van der Waals surface area contributed by atoms with E-state index in [-0.39, 0.29) is 99.4 Å². The van der Waals surface area contributed by atoms with Crippen LogP contribution < -0.4 is 76.1 Å². The molecular formula is C68H112N16O16. The summed E-state index contributed by atoms with van der Waals surface area (Å²) in [6.45, 7) is 5.57. The summed E-state index contributed by atoms with van der Waals surface area (Å²) in [6.07, 6.45) is 18.4. The van der Waals surface area contributed by atoms with E-state index in [1.165, 1.54) is 27.7 Å². The van der Waals surface area contributed by atoms with Crippen molar-refractivity contribution in [1.82, 2.24) is 63.0 Å². The second-order valence-corrected chi connectivity index (χ2v) is 26.3. The van der Waals surface area contributed by atoms with Crippen molar-refractivity contribution in [3.63, 3.8) is 0 Å². The highest BCUT2D eigenvalue weighted by Crippen LogP contribution is 2.40. The molecule has 0 aromatic carbocycles. The predicted octanol–water partition coefficient (Wildman–Crippen LogP) is -1.48. The monoisotopic (exact) mass is 1410 g/mol. The Labute approximate surface area is 586 Å². The molecule has 0 aromatic heterocycles. The van der Waals surface area contributed by atoms with Gasteiger partial charge < -0.3 is 85.9 Å². The van der Waals surface area contributed by atoms with Gasteiger partial charge in [0.1, 0.15) is 38.3 Å². The maximum atomic E-state index is 13.2. The molecule has 4 rings (SSSR count). The summed E-state index contributed by atoms with van der Waals surface area (Å²) in [5.74, 6) is -5.87.